The second-order valence-electron chi connectivity index (χ2n) is 4.70. The van der Waals surface area contributed by atoms with E-state index in [1.54, 1.807) is 6.20 Å². The molecule has 1 fully saturated rings. The first-order chi connectivity index (χ1) is 7.74. The SMILES string of the molecule is CCCNC(c1c(C)ccnc1N)C1CC1. The fourth-order valence-corrected chi connectivity index (χ4v) is 2.23. The van der Waals surface area contributed by atoms with Gasteiger partial charge in [0, 0.05) is 17.8 Å². The van der Waals surface area contributed by atoms with Crippen molar-refractivity contribution in [2.45, 2.75) is 39.2 Å². The number of aryl methyl sites for hydroxylation is 1. The monoisotopic (exact) mass is 219 g/mol. The van der Waals surface area contributed by atoms with Gasteiger partial charge in [0.2, 0.25) is 0 Å². The summed E-state index contributed by atoms with van der Waals surface area (Å²) in [6.45, 7) is 5.36. The number of anilines is 1. The van der Waals surface area contributed by atoms with E-state index in [1.165, 1.54) is 24.0 Å². The van der Waals surface area contributed by atoms with Crippen LogP contribution in [0.1, 0.15) is 43.4 Å². The van der Waals surface area contributed by atoms with Crippen LogP contribution >= 0.6 is 0 Å². The highest BCUT2D eigenvalue weighted by Crippen LogP contribution is 2.43. The number of aromatic nitrogens is 1. The number of nitrogens with two attached hydrogens (primary N) is 1. The van der Waals surface area contributed by atoms with Crippen molar-refractivity contribution in [1.29, 1.82) is 0 Å². The summed E-state index contributed by atoms with van der Waals surface area (Å²) in [5.41, 5.74) is 8.49. The lowest BCUT2D eigenvalue weighted by Gasteiger charge is -2.21. The van der Waals surface area contributed by atoms with E-state index in [1.807, 2.05) is 0 Å². The van der Waals surface area contributed by atoms with Gasteiger partial charge in [-0.25, -0.2) is 4.98 Å². The Kier molecular flexibility index (Phi) is 3.44. The second-order valence-corrected chi connectivity index (χ2v) is 4.70. The van der Waals surface area contributed by atoms with Gasteiger partial charge in [-0.15, -0.1) is 0 Å². The molecule has 0 bridgehead atoms. The highest BCUT2D eigenvalue weighted by atomic mass is 14.9. The summed E-state index contributed by atoms with van der Waals surface area (Å²) in [5.74, 6) is 1.46. The third-order valence-electron chi connectivity index (χ3n) is 3.26. The Morgan fingerprint density at radius 3 is 2.88 bits per heavy atom. The molecule has 2 rings (SSSR count). The van der Waals surface area contributed by atoms with Crippen molar-refractivity contribution in [2.75, 3.05) is 12.3 Å². The lowest BCUT2D eigenvalue weighted by Crippen LogP contribution is -2.25. The number of nitrogen functional groups attached to an aromatic ring is 1. The summed E-state index contributed by atoms with van der Waals surface area (Å²) < 4.78 is 0. The third kappa shape index (κ3) is 2.35. The average Bonchev–Trinajstić information content (AvgIpc) is 3.06. The number of pyridine rings is 1. The summed E-state index contributed by atoms with van der Waals surface area (Å²) in [6.07, 6.45) is 5.57. The predicted molar refractivity (Wildman–Crippen MR) is 67.1 cm³/mol. The first-order valence-electron chi connectivity index (χ1n) is 6.18. The Morgan fingerprint density at radius 1 is 1.56 bits per heavy atom. The maximum atomic E-state index is 6.01. The van der Waals surface area contributed by atoms with Gasteiger partial charge in [-0.1, -0.05) is 6.92 Å². The summed E-state index contributed by atoms with van der Waals surface area (Å²) >= 11 is 0. The fraction of sp³-hybridized carbons (Fsp3) is 0.615. The average molecular weight is 219 g/mol. The van der Waals surface area contributed by atoms with Crippen molar-refractivity contribution in [3.8, 4) is 0 Å². The summed E-state index contributed by atoms with van der Waals surface area (Å²) in [6, 6.07) is 2.46. The van der Waals surface area contributed by atoms with E-state index < -0.39 is 0 Å². The number of rotatable bonds is 5. The van der Waals surface area contributed by atoms with Crippen molar-refractivity contribution in [3.05, 3.63) is 23.4 Å². The van der Waals surface area contributed by atoms with Gasteiger partial charge in [0.25, 0.3) is 0 Å². The van der Waals surface area contributed by atoms with E-state index in [0.29, 0.717) is 11.9 Å². The Bertz CT molecular complexity index is 338. The maximum absolute atomic E-state index is 6.01. The van der Waals surface area contributed by atoms with Crippen LogP contribution in [0.3, 0.4) is 0 Å². The largest absolute Gasteiger partial charge is 0.383 e. The molecule has 88 valence electrons. The highest BCUT2D eigenvalue weighted by Gasteiger charge is 2.33. The molecule has 0 amide bonds. The molecule has 1 aromatic rings. The molecular weight excluding hydrogens is 198 g/mol. The van der Waals surface area contributed by atoms with E-state index in [-0.39, 0.29) is 0 Å². The quantitative estimate of drug-likeness (QED) is 0.799. The molecule has 0 radical (unpaired) electrons. The molecule has 1 atom stereocenters. The zero-order valence-electron chi connectivity index (χ0n) is 10.2. The minimum Gasteiger partial charge on any atom is -0.383 e. The molecule has 3 heteroatoms. The summed E-state index contributed by atoms with van der Waals surface area (Å²) in [4.78, 5) is 4.22. The van der Waals surface area contributed by atoms with Gasteiger partial charge in [0.15, 0.2) is 0 Å². The van der Waals surface area contributed by atoms with E-state index in [0.717, 1.165) is 18.9 Å². The maximum Gasteiger partial charge on any atom is 0.128 e. The lowest BCUT2D eigenvalue weighted by molar-refractivity contribution is 0.479. The smallest absolute Gasteiger partial charge is 0.128 e. The fourth-order valence-electron chi connectivity index (χ4n) is 2.23. The molecule has 0 spiro atoms. The summed E-state index contributed by atoms with van der Waals surface area (Å²) in [7, 11) is 0. The lowest BCUT2D eigenvalue weighted by atomic mass is 9.98. The standard InChI is InChI=1S/C13H21N3/c1-3-7-15-12(10-4-5-10)11-9(2)6-8-16-13(11)14/h6,8,10,12,15H,3-5,7H2,1-2H3,(H2,14,16). The first-order valence-corrected chi connectivity index (χ1v) is 6.18. The van der Waals surface area contributed by atoms with Crippen LogP contribution in [0.2, 0.25) is 0 Å². The van der Waals surface area contributed by atoms with Crippen LogP contribution in [0, 0.1) is 12.8 Å². The van der Waals surface area contributed by atoms with Gasteiger partial charge < -0.3 is 11.1 Å². The van der Waals surface area contributed by atoms with Crippen LogP contribution in [-0.2, 0) is 0 Å². The van der Waals surface area contributed by atoms with E-state index in [2.05, 4.69) is 30.2 Å². The number of nitrogens with zero attached hydrogens (tertiary/aromatic N) is 1. The van der Waals surface area contributed by atoms with Gasteiger partial charge >= 0.3 is 0 Å². The molecule has 0 aliphatic heterocycles. The molecule has 16 heavy (non-hydrogen) atoms. The van der Waals surface area contributed by atoms with Crippen LogP contribution in [-0.4, -0.2) is 11.5 Å². The zero-order chi connectivity index (χ0) is 11.5. The molecule has 0 aromatic carbocycles. The molecule has 1 aliphatic rings. The molecule has 1 unspecified atom stereocenters. The van der Waals surface area contributed by atoms with Gasteiger partial charge in [0.1, 0.15) is 5.82 Å². The van der Waals surface area contributed by atoms with Crippen molar-refractivity contribution in [1.82, 2.24) is 10.3 Å². The molecule has 3 nitrogen and oxygen atoms in total. The second kappa shape index (κ2) is 4.83. The van der Waals surface area contributed by atoms with Crippen LogP contribution in [0.25, 0.3) is 0 Å². The van der Waals surface area contributed by atoms with E-state index >= 15 is 0 Å². The minimum absolute atomic E-state index is 0.411. The van der Waals surface area contributed by atoms with Crippen LogP contribution in [0.15, 0.2) is 12.3 Å². The Hall–Kier alpha value is -1.09. The first kappa shape index (κ1) is 11.4. The number of hydrogen-bond donors (Lipinski definition) is 2. The van der Waals surface area contributed by atoms with Gasteiger partial charge in [-0.2, -0.15) is 0 Å². The van der Waals surface area contributed by atoms with Crippen molar-refractivity contribution < 1.29 is 0 Å². The van der Waals surface area contributed by atoms with Crippen molar-refractivity contribution >= 4 is 5.82 Å². The van der Waals surface area contributed by atoms with Crippen LogP contribution in [0.4, 0.5) is 5.82 Å². The molecule has 0 saturated heterocycles. The number of hydrogen-bond acceptors (Lipinski definition) is 3. The Balaban J connectivity index is 2.23. The van der Waals surface area contributed by atoms with E-state index in [9.17, 15) is 0 Å². The molecule has 1 saturated carbocycles. The topological polar surface area (TPSA) is 50.9 Å². The Labute approximate surface area is 97.5 Å². The Morgan fingerprint density at radius 2 is 2.31 bits per heavy atom. The van der Waals surface area contributed by atoms with Gasteiger partial charge in [0.05, 0.1) is 0 Å². The van der Waals surface area contributed by atoms with Crippen LogP contribution in [0.5, 0.6) is 0 Å². The van der Waals surface area contributed by atoms with E-state index in [4.69, 9.17) is 5.73 Å². The normalized spacial score (nSPS) is 17.4. The van der Waals surface area contributed by atoms with Gasteiger partial charge in [-0.3, -0.25) is 0 Å². The minimum atomic E-state index is 0.411. The molecular formula is C13H21N3. The summed E-state index contributed by atoms with van der Waals surface area (Å²) in [5, 5.41) is 3.61. The zero-order valence-corrected chi connectivity index (χ0v) is 10.2. The molecule has 3 N–H and O–H groups in total. The molecule has 1 aliphatic carbocycles. The number of nitrogens with one attached hydrogen (secondary N) is 1. The van der Waals surface area contributed by atoms with Crippen molar-refractivity contribution in [2.24, 2.45) is 5.92 Å². The van der Waals surface area contributed by atoms with Crippen LogP contribution < -0.4 is 11.1 Å². The van der Waals surface area contributed by atoms with Crippen molar-refractivity contribution in [3.63, 3.8) is 0 Å². The molecule has 1 aromatic heterocycles. The highest BCUT2D eigenvalue weighted by molar-refractivity contribution is 5.46. The predicted octanol–water partition coefficient (Wildman–Crippen LogP) is 2.42. The molecule has 1 heterocycles. The third-order valence-corrected chi connectivity index (χ3v) is 3.26. The van der Waals surface area contributed by atoms with Gasteiger partial charge in [-0.05, 0) is 50.3 Å².